The summed E-state index contributed by atoms with van der Waals surface area (Å²) in [7, 11) is 0. The van der Waals surface area contributed by atoms with Crippen molar-refractivity contribution in [2.75, 3.05) is 25.6 Å². The average Bonchev–Trinajstić information content (AvgIpc) is 2.19. The van der Waals surface area contributed by atoms with Crippen LogP contribution in [-0.4, -0.2) is 43.0 Å². The van der Waals surface area contributed by atoms with E-state index in [0.29, 0.717) is 0 Å². The standard InChI is InChI=1S/C6H9ClF3N3O3/c7-1-2-11-5(14)13(12-15)3-4-16-6(8,9)10/h1-4H2,(H,11,14). The molecule has 0 spiro atoms. The molecule has 0 fully saturated rings. The second-order valence-corrected chi connectivity index (χ2v) is 2.80. The van der Waals surface area contributed by atoms with Crippen LogP contribution in [0.5, 0.6) is 0 Å². The molecule has 0 saturated heterocycles. The van der Waals surface area contributed by atoms with Gasteiger partial charge >= 0.3 is 12.4 Å². The van der Waals surface area contributed by atoms with Gasteiger partial charge < -0.3 is 5.32 Å². The Bertz CT molecular complexity index is 239. The molecule has 0 aromatic heterocycles. The Balaban J connectivity index is 3.91. The number of hydrogen-bond acceptors (Lipinski definition) is 4. The number of carbonyl (C=O) groups excluding carboxylic acids is 1. The topological polar surface area (TPSA) is 71.0 Å². The first-order chi connectivity index (χ1) is 7.40. The van der Waals surface area contributed by atoms with E-state index in [-0.39, 0.29) is 17.4 Å². The zero-order valence-electron chi connectivity index (χ0n) is 7.96. The predicted molar refractivity (Wildman–Crippen MR) is 48.6 cm³/mol. The van der Waals surface area contributed by atoms with Gasteiger partial charge in [-0.25, -0.2) is 4.79 Å². The summed E-state index contributed by atoms with van der Waals surface area (Å²) in [6.07, 6.45) is -4.80. The highest BCUT2D eigenvalue weighted by Gasteiger charge is 2.29. The van der Waals surface area contributed by atoms with Crippen LogP contribution in [0.3, 0.4) is 0 Å². The molecule has 0 atom stereocenters. The van der Waals surface area contributed by atoms with Crippen molar-refractivity contribution in [2.45, 2.75) is 6.36 Å². The van der Waals surface area contributed by atoms with E-state index in [1.807, 2.05) is 0 Å². The highest BCUT2D eigenvalue weighted by molar-refractivity contribution is 6.18. The molecule has 0 saturated carbocycles. The Kier molecular flexibility index (Phi) is 6.74. The average molecular weight is 264 g/mol. The fraction of sp³-hybridized carbons (Fsp3) is 0.833. The van der Waals surface area contributed by atoms with Crippen LogP contribution < -0.4 is 5.32 Å². The molecule has 0 unspecified atom stereocenters. The Morgan fingerprint density at radius 1 is 1.50 bits per heavy atom. The van der Waals surface area contributed by atoms with Gasteiger partial charge in [-0.15, -0.1) is 29.7 Å². The summed E-state index contributed by atoms with van der Waals surface area (Å²) < 4.78 is 38.0. The van der Waals surface area contributed by atoms with E-state index in [2.05, 4.69) is 15.3 Å². The molecule has 0 aliphatic carbocycles. The first kappa shape index (κ1) is 14.9. The third kappa shape index (κ3) is 7.23. The van der Waals surface area contributed by atoms with Gasteiger partial charge in [0.2, 0.25) is 0 Å². The summed E-state index contributed by atoms with van der Waals surface area (Å²) >= 11 is 5.24. The van der Waals surface area contributed by atoms with Crippen LogP contribution in [0, 0.1) is 4.91 Å². The lowest BCUT2D eigenvalue weighted by atomic mass is 10.6. The number of nitrogens with zero attached hydrogens (tertiary/aromatic N) is 2. The zero-order chi connectivity index (χ0) is 12.6. The molecule has 16 heavy (non-hydrogen) atoms. The maximum Gasteiger partial charge on any atom is 0.522 e. The van der Waals surface area contributed by atoms with Crippen LogP contribution in [0.25, 0.3) is 0 Å². The Labute approximate surface area is 93.6 Å². The largest absolute Gasteiger partial charge is 0.522 e. The molecular formula is C6H9ClF3N3O3. The molecule has 0 aromatic rings. The lowest BCUT2D eigenvalue weighted by Crippen LogP contribution is -2.39. The summed E-state index contributed by atoms with van der Waals surface area (Å²) in [5.41, 5.74) is 0. The number of halogens is 4. The summed E-state index contributed by atoms with van der Waals surface area (Å²) in [6, 6.07) is -0.929. The van der Waals surface area contributed by atoms with Gasteiger partial charge in [-0.1, -0.05) is 0 Å². The summed E-state index contributed by atoms with van der Waals surface area (Å²) in [5, 5.41) is 4.67. The quantitative estimate of drug-likeness (QED) is 0.448. The van der Waals surface area contributed by atoms with E-state index in [0.717, 1.165) is 0 Å². The zero-order valence-corrected chi connectivity index (χ0v) is 8.72. The maximum absolute atomic E-state index is 11.5. The van der Waals surface area contributed by atoms with Crippen LogP contribution in [0.4, 0.5) is 18.0 Å². The van der Waals surface area contributed by atoms with Crippen molar-refractivity contribution >= 4 is 17.6 Å². The van der Waals surface area contributed by atoms with E-state index < -0.39 is 25.5 Å². The number of amides is 2. The first-order valence-electron chi connectivity index (χ1n) is 4.06. The highest BCUT2D eigenvalue weighted by Crippen LogP contribution is 2.15. The van der Waals surface area contributed by atoms with Crippen molar-refractivity contribution in [1.82, 2.24) is 10.3 Å². The molecule has 6 nitrogen and oxygen atoms in total. The molecule has 0 aliphatic heterocycles. The molecular weight excluding hydrogens is 255 g/mol. The van der Waals surface area contributed by atoms with Crippen LogP contribution in [0.2, 0.25) is 0 Å². The summed E-state index contributed by atoms with van der Waals surface area (Å²) in [5.74, 6) is 0.109. The fourth-order valence-corrected chi connectivity index (χ4v) is 0.767. The van der Waals surface area contributed by atoms with Crippen LogP contribution in [-0.2, 0) is 4.74 Å². The molecule has 0 radical (unpaired) electrons. The van der Waals surface area contributed by atoms with Crippen molar-refractivity contribution in [3.8, 4) is 0 Å². The van der Waals surface area contributed by atoms with E-state index in [1.165, 1.54) is 0 Å². The summed E-state index contributed by atoms with van der Waals surface area (Å²) in [4.78, 5) is 21.1. The second-order valence-electron chi connectivity index (χ2n) is 2.42. The maximum atomic E-state index is 11.5. The molecule has 0 rings (SSSR count). The lowest BCUT2D eigenvalue weighted by Gasteiger charge is -2.14. The van der Waals surface area contributed by atoms with E-state index >= 15 is 0 Å². The molecule has 10 heteroatoms. The third-order valence-electron chi connectivity index (χ3n) is 1.27. The second kappa shape index (κ2) is 7.23. The van der Waals surface area contributed by atoms with Gasteiger partial charge in [-0.05, 0) is 0 Å². The molecule has 94 valence electrons. The smallest absolute Gasteiger partial charge is 0.335 e. The molecule has 0 bridgehead atoms. The van der Waals surface area contributed by atoms with Crippen LogP contribution >= 0.6 is 11.6 Å². The van der Waals surface area contributed by atoms with Gasteiger partial charge in [-0.2, -0.15) is 5.01 Å². The first-order valence-corrected chi connectivity index (χ1v) is 4.59. The number of nitrogens with one attached hydrogen (secondary N) is 1. The summed E-state index contributed by atoms with van der Waals surface area (Å²) in [6.45, 7) is -1.40. The van der Waals surface area contributed by atoms with Crippen LogP contribution in [0.15, 0.2) is 5.29 Å². The molecule has 0 aromatic carbocycles. The number of carbonyl (C=O) groups is 1. The Morgan fingerprint density at radius 2 is 2.12 bits per heavy atom. The van der Waals surface area contributed by atoms with Crippen molar-refractivity contribution in [2.24, 2.45) is 5.29 Å². The monoisotopic (exact) mass is 263 g/mol. The number of rotatable bonds is 6. The van der Waals surface area contributed by atoms with Gasteiger partial charge in [0.05, 0.1) is 18.4 Å². The minimum Gasteiger partial charge on any atom is -0.335 e. The number of urea groups is 1. The van der Waals surface area contributed by atoms with E-state index in [9.17, 15) is 22.9 Å². The fourth-order valence-electron chi connectivity index (χ4n) is 0.673. The van der Waals surface area contributed by atoms with Gasteiger partial charge in [0.15, 0.2) is 0 Å². The predicted octanol–water partition coefficient (Wildman–Crippen LogP) is 1.45. The Morgan fingerprint density at radius 3 is 2.56 bits per heavy atom. The van der Waals surface area contributed by atoms with Gasteiger partial charge in [0, 0.05) is 12.4 Å². The number of hydrogen-bond donors (Lipinski definition) is 1. The van der Waals surface area contributed by atoms with Crippen molar-refractivity contribution in [3.05, 3.63) is 4.91 Å². The molecule has 2 amide bonds. The van der Waals surface area contributed by atoms with Gasteiger partial charge in [0.25, 0.3) is 0 Å². The molecule has 0 heterocycles. The molecule has 0 aliphatic rings. The number of alkyl halides is 4. The normalized spacial score (nSPS) is 11.0. The van der Waals surface area contributed by atoms with E-state index in [4.69, 9.17) is 11.6 Å². The lowest BCUT2D eigenvalue weighted by molar-refractivity contribution is -0.324. The molecule has 1 N–H and O–H groups in total. The minimum absolute atomic E-state index is 0.0759. The van der Waals surface area contributed by atoms with Crippen molar-refractivity contribution in [1.29, 1.82) is 0 Å². The van der Waals surface area contributed by atoms with Crippen molar-refractivity contribution < 1.29 is 22.7 Å². The third-order valence-corrected chi connectivity index (χ3v) is 1.46. The van der Waals surface area contributed by atoms with Gasteiger partial charge in [-0.3, -0.25) is 4.74 Å². The highest BCUT2D eigenvalue weighted by atomic mass is 35.5. The van der Waals surface area contributed by atoms with Crippen molar-refractivity contribution in [3.63, 3.8) is 0 Å². The van der Waals surface area contributed by atoms with E-state index in [1.54, 1.807) is 0 Å². The minimum atomic E-state index is -4.80. The van der Waals surface area contributed by atoms with Gasteiger partial charge in [0.1, 0.15) is 0 Å². The van der Waals surface area contributed by atoms with Crippen LogP contribution in [0.1, 0.15) is 0 Å². The number of ether oxygens (including phenoxy) is 1. The SMILES string of the molecule is O=NN(CCOC(F)(F)F)C(=O)NCCCl. The Hall–Kier alpha value is -1.09. The number of nitroso groups, excluding NO2 is 1.